The molecule has 1 aromatic rings. The summed E-state index contributed by atoms with van der Waals surface area (Å²) >= 11 is 0. The molecule has 0 aliphatic carbocycles. The summed E-state index contributed by atoms with van der Waals surface area (Å²) in [5.41, 5.74) is 4.47. The Morgan fingerprint density at radius 2 is 1.67 bits per heavy atom. The number of hydrogen-bond acceptors (Lipinski definition) is 3. The van der Waals surface area contributed by atoms with Gasteiger partial charge in [-0.05, 0) is 51.5 Å². The van der Waals surface area contributed by atoms with Gasteiger partial charge in [0, 0.05) is 17.2 Å². The van der Waals surface area contributed by atoms with Gasteiger partial charge in [0.25, 0.3) is 0 Å². The van der Waals surface area contributed by atoms with E-state index in [1.807, 2.05) is 0 Å². The molecular formula is C30H48N2O. The van der Waals surface area contributed by atoms with E-state index in [1.165, 1.54) is 35.6 Å². The van der Waals surface area contributed by atoms with Crippen LogP contribution in [0.25, 0.3) is 0 Å². The fraction of sp³-hybridized carbons (Fsp3) is 0.533. The third kappa shape index (κ3) is 15.8. The highest BCUT2D eigenvalue weighted by Gasteiger charge is 2.27. The van der Waals surface area contributed by atoms with Crippen LogP contribution in [0.5, 0.6) is 0 Å². The quantitative estimate of drug-likeness (QED) is 0.272. The Kier molecular flexibility index (Phi) is 17.7. The summed E-state index contributed by atoms with van der Waals surface area (Å²) in [7, 11) is 0. The molecule has 1 N–H and O–H groups in total. The average molecular weight is 453 g/mol. The molecule has 3 nitrogen and oxygen atoms in total. The second-order valence-electron chi connectivity index (χ2n) is 9.64. The first-order valence-corrected chi connectivity index (χ1v) is 12.0. The van der Waals surface area contributed by atoms with Gasteiger partial charge in [0.05, 0.1) is 12.1 Å². The highest BCUT2D eigenvalue weighted by Crippen LogP contribution is 2.29. The second kappa shape index (κ2) is 17.9. The van der Waals surface area contributed by atoms with Gasteiger partial charge in [0.15, 0.2) is 5.78 Å². The number of benzene rings is 1. The number of carbonyl (C=O) groups is 1. The van der Waals surface area contributed by atoms with E-state index in [2.05, 4.69) is 97.8 Å². The van der Waals surface area contributed by atoms with Crippen molar-refractivity contribution in [3.05, 3.63) is 72.5 Å². The summed E-state index contributed by atoms with van der Waals surface area (Å²) in [6, 6.07) is 10.1. The van der Waals surface area contributed by atoms with Crippen LogP contribution < -0.4 is 5.32 Å². The lowest BCUT2D eigenvalue weighted by Crippen LogP contribution is -2.40. The Labute approximate surface area is 204 Å². The van der Waals surface area contributed by atoms with Gasteiger partial charge in [-0.2, -0.15) is 5.26 Å². The molecule has 0 unspecified atom stereocenters. The third-order valence-corrected chi connectivity index (χ3v) is 5.45. The van der Waals surface area contributed by atoms with E-state index < -0.39 is 0 Å². The van der Waals surface area contributed by atoms with Crippen molar-refractivity contribution in [2.75, 3.05) is 0 Å². The number of carbonyl (C=O) groups excluding carboxylic acids is 1. The number of Topliss-reactive ketones (excluding diaryl/α,β-unsaturated/α-hetero) is 1. The Morgan fingerprint density at radius 1 is 1.15 bits per heavy atom. The molecule has 33 heavy (non-hydrogen) atoms. The zero-order valence-electron chi connectivity index (χ0n) is 22.6. The van der Waals surface area contributed by atoms with Crippen molar-refractivity contribution in [3.63, 3.8) is 0 Å². The molecule has 0 amide bonds. The van der Waals surface area contributed by atoms with Crippen LogP contribution in [-0.4, -0.2) is 11.8 Å². The van der Waals surface area contributed by atoms with Crippen LogP contribution in [0.1, 0.15) is 91.7 Å². The number of ketones is 1. The lowest BCUT2D eigenvalue weighted by molar-refractivity contribution is -0.119. The maximum absolute atomic E-state index is 11.8. The largest absolute Gasteiger partial charge is 0.378 e. The number of nitrogens with zero attached hydrogens (tertiary/aromatic N) is 1. The zero-order chi connectivity index (χ0) is 26.0. The van der Waals surface area contributed by atoms with Crippen molar-refractivity contribution in [3.8, 4) is 6.07 Å². The SMILES string of the molecule is C=C(C)CCC(C)C.C=C(N[C@@H](CCCC)C(C)=O)C(C)(C)c1ccc(C)cc1.C=CC#N. The number of rotatable bonds is 11. The van der Waals surface area contributed by atoms with Crippen LogP contribution in [0.15, 0.2) is 61.3 Å². The van der Waals surface area contributed by atoms with Crippen molar-refractivity contribution >= 4 is 5.78 Å². The van der Waals surface area contributed by atoms with Gasteiger partial charge in [-0.3, -0.25) is 4.79 Å². The fourth-order valence-corrected chi connectivity index (χ4v) is 2.86. The average Bonchev–Trinajstić information content (AvgIpc) is 2.75. The Bertz CT molecular complexity index is 763. The van der Waals surface area contributed by atoms with E-state index in [9.17, 15) is 4.79 Å². The summed E-state index contributed by atoms with van der Waals surface area (Å²) in [6.07, 6.45) is 6.68. The number of allylic oxidation sites excluding steroid dienone is 3. The monoisotopic (exact) mass is 452 g/mol. The highest BCUT2D eigenvalue weighted by molar-refractivity contribution is 5.81. The molecular weight excluding hydrogens is 404 g/mol. The molecule has 184 valence electrons. The molecule has 0 saturated carbocycles. The number of aryl methyl sites for hydroxylation is 1. The molecule has 1 rings (SSSR count). The minimum absolute atomic E-state index is 0.123. The van der Waals surface area contributed by atoms with Crippen molar-refractivity contribution in [1.82, 2.24) is 5.32 Å². The number of nitrogens with one attached hydrogen (secondary N) is 1. The first kappa shape index (κ1) is 32.6. The van der Waals surface area contributed by atoms with Crippen LogP contribution in [0.3, 0.4) is 0 Å². The molecule has 3 heteroatoms. The second-order valence-corrected chi connectivity index (χ2v) is 9.64. The normalized spacial score (nSPS) is 11.0. The molecule has 1 aromatic carbocycles. The van der Waals surface area contributed by atoms with E-state index in [0.29, 0.717) is 0 Å². The highest BCUT2D eigenvalue weighted by atomic mass is 16.1. The van der Waals surface area contributed by atoms with Gasteiger partial charge in [-0.25, -0.2) is 0 Å². The van der Waals surface area contributed by atoms with Crippen LogP contribution in [0.2, 0.25) is 0 Å². The van der Waals surface area contributed by atoms with E-state index in [-0.39, 0.29) is 17.2 Å². The number of unbranched alkanes of at least 4 members (excludes halogenated alkanes) is 1. The summed E-state index contributed by atoms with van der Waals surface area (Å²) in [5.74, 6) is 1.01. The van der Waals surface area contributed by atoms with E-state index in [1.54, 1.807) is 13.0 Å². The molecule has 0 aliphatic rings. The van der Waals surface area contributed by atoms with Gasteiger partial charge in [0.1, 0.15) is 0 Å². The Morgan fingerprint density at radius 3 is 2.00 bits per heavy atom. The molecule has 0 aromatic heterocycles. The maximum Gasteiger partial charge on any atom is 0.151 e. The van der Waals surface area contributed by atoms with Crippen molar-refractivity contribution < 1.29 is 4.79 Å². The van der Waals surface area contributed by atoms with Gasteiger partial charge < -0.3 is 5.32 Å². The molecule has 0 spiro atoms. The standard InChI is InChI=1S/C19H29NO.C8H16.C3H3N/c1-7-8-9-18(15(3)21)20-16(4)19(5,6)17-12-10-14(2)11-13-17;1-7(2)5-6-8(3)4;1-2-3-4/h10-13,18,20H,4,7-9H2,1-3,5-6H3;8H,1,5-6H2,2-4H3;2H,1H2/t18-;;/m0../s1. The predicted octanol–water partition coefficient (Wildman–Crippen LogP) is 8.22. The zero-order valence-corrected chi connectivity index (χ0v) is 22.6. The minimum Gasteiger partial charge on any atom is -0.378 e. The van der Waals surface area contributed by atoms with Crippen molar-refractivity contribution in [2.24, 2.45) is 5.92 Å². The van der Waals surface area contributed by atoms with Crippen molar-refractivity contribution in [2.45, 2.75) is 99.0 Å². The molecule has 0 heterocycles. The number of nitriles is 1. The lowest BCUT2D eigenvalue weighted by atomic mass is 9.81. The van der Waals surface area contributed by atoms with Gasteiger partial charge in [0.2, 0.25) is 0 Å². The topological polar surface area (TPSA) is 52.9 Å². The fourth-order valence-electron chi connectivity index (χ4n) is 2.86. The molecule has 0 fully saturated rings. The Balaban J connectivity index is 0. The molecule has 0 saturated heterocycles. The molecule has 0 aliphatic heterocycles. The smallest absolute Gasteiger partial charge is 0.151 e. The summed E-state index contributed by atoms with van der Waals surface area (Å²) in [5, 5.41) is 10.9. The van der Waals surface area contributed by atoms with Gasteiger partial charge in [-0.1, -0.05) is 96.0 Å². The van der Waals surface area contributed by atoms with Crippen LogP contribution in [0, 0.1) is 24.2 Å². The van der Waals surface area contributed by atoms with Crippen LogP contribution in [-0.2, 0) is 10.2 Å². The van der Waals surface area contributed by atoms with Crippen LogP contribution in [0.4, 0.5) is 0 Å². The van der Waals surface area contributed by atoms with E-state index in [4.69, 9.17) is 5.26 Å². The molecule has 0 radical (unpaired) electrons. The van der Waals surface area contributed by atoms with Gasteiger partial charge in [-0.15, -0.1) is 6.58 Å². The lowest BCUT2D eigenvalue weighted by Gasteiger charge is -2.31. The molecule has 1 atom stereocenters. The predicted molar refractivity (Wildman–Crippen MR) is 145 cm³/mol. The maximum atomic E-state index is 11.8. The first-order valence-electron chi connectivity index (χ1n) is 12.0. The Hall–Kier alpha value is -2.60. The first-order chi connectivity index (χ1) is 15.3. The summed E-state index contributed by atoms with van der Waals surface area (Å²) in [6.45, 7) is 27.9. The summed E-state index contributed by atoms with van der Waals surface area (Å²) in [4.78, 5) is 11.8. The minimum atomic E-state index is -0.201. The van der Waals surface area contributed by atoms with Crippen LogP contribution >= 0.6 is 0 Å². The third-order valence-electron chi connectivity index (χ3n) is 5.45. The van der Waals surface area contributed by atoms with Gasteiger partial charge >= 0.3 is 0 Å². The molecule has 0 bridgehead atoms. The summed E-state index contributed by atoms with van der Waals surface area (Å²) < 4.78 is 0. The van der Waals surface area contributed by atoms with Crippen molar-refractivity contribution in [1.29, 1.82) is 5.26 Å². The number of hydrogen-bond donors (Lipinski definition) is 1. The van der Waals surface area contributed by atoms with E-state index >= 15 is 0 Å². The van der Waals surface area contributed by atoms with E-state index in [0.717, 1.165) is 30.9 Å².